The molecule has 0 saturated carbocycles. The number of halogens is 1. The molecule has 1 aliphatic rings. The number of nitro benzene ring substituents is 1. The van der Waals surface area contributed by atoms with Gasteiger partial charge in [-0.25, -0.2) is 0 Å². The third-order valence-electron chi connectivity index (χ3n) is 2.95. The number of piperazine rings is 1. The summed E-state index contributed by atoms with van der Waals surface area (Å²) in [6.45, 7) is 0.752. The summed E-state index contributed by atoms with van der Waals surface area (Å²) in [5, 5.41) is 13.4. The predicted octanol–water partition coefficient (Wildman–Crippen LogP) is 1.09. The maximum absolute atomic E-state index is 12.1. The van der Waals surface area contributed by atoms with Crippen LogP contribution in [0.4, 0.5) is 5.69 Å². The van der Waals surface area contributed by atoms with Crippen molar-refractivity contribution >= 4 is 41.1 Å². The largest absolute Gasteiger partial charge is 0.320 e. The molecular weight excluding hydrogens is 314 g/mol. The molecule has 2 rings (SSSR count). The van der Waals surface area contributed by atoms with Crippen LogP contribution >= 0.6 is 11.6 Å². The minimum Gasteiger partial charge on any atom is -0.320 e. The smallest absolute Gasteiger partial charge is 0.278 e. The fraction of sp³-hybridized carbons (Fsp3) is 0.154. The van der Waals surface area contributed by atoms with E-state index in [2.05, 4.69) is 5.32 Å². The molecule has 0 atom stereocenters. The van der Waals surface area contributed by atoms with Gasteiger partial charge in [0.15, 0.2) is 0 Å². The minimum atomic E-state index is -0.749. The lowest BCUT2D eigenvalue weighted by molar-refractivity contribution is -0.385. The van der Waals surface area contributed by atoms with Crippen molar-refractivity contribution in [2.75, 3.05) is 6.54 Å². The zero-order chi connectivity index (χ0) is 16.4. The highest BCUT2D eigenvalue weighted by molar-refractivity contribution is 6.32. The number of nitro groups is 1. The maximum Gasteiger partial charge on any atom is 0.278 e. The van der Waals surface area contributed by atoms with Crippen LogP contribution in [0.25, 0.3) is 6.08 Å². The molecule has 1 aromatic rings. The standard InChI is InChI=1S/C13H10ClN3O5/c1-7(18)16-6-12(19)15-10(13(16)20)5-8-9(14)3-2-4-11(8)17(21)22/h2-5H,6H2,1H3,(H,15,19)/b10-5-. The Hall–Kier alpha value is -2.74. The summed E-state index contributed by atoms with van der Waals surface area (Å²) >= 11 is 5.92. The lowest BCUT2D eigenvalue weighted by Crippen LogP contribution is -2.51. The lowest BCUT2D eigenvalue weighted by atomic mass is 10.1. The normalized spacial score (nSPS) is 16.6. The molecule has 22 heavy (non-hydrogen) atoms. The highest BCUT2D eigenvalue weighted by atomic mass is 35.5. The number of benzene rings is 1. The van der Waals surface area contributed by atoms with Crippen LogP contribution in [0.1, 0.15) is 12.5 Å². The van der Waals surface area contributed by atoms with E-state index in [1.54, 1.807) is 0 Å². The van der Waals surface area contributed by atoms with E-state index in [0.29, 0.717) is 0 Å². The van der Waals surface area contributed by atoms with Gasteiger partial charge in [-0.3, -0.25) is 29.4 Å². The van der Waals surface area contributed by atoms with Crippen molar-refractivity contribution in [2.45, 2.75) is 6.92 Å². The number of rotatable bonds is 2. The Labute approximate surface area is 129 Å². The van der Waals surface area contributed by atoms with E-state index in [9.17, 15) is 24.5 Å². The molecule has 114 valence electrons. The van der Waals surface area contributed by atoms with E-state index < -0.39 is 29.2 Å². The summed E-state index contributed by atoms with van der Waals surface area (Å²) in [5.41, 5.74) is -0.590. The first kappa shape index (κ1) is 15.6. The van der Waals surface area contributed by atoms with Gasteiger partial charge in [-0.1, -0.05) is 17.7 Å². The van der Waals surface area contributed by atoms with Crippen LogP contribution in [0.5, 0.6) is 0 Å². The molecule has 1 N–H and O–H groups in total. The van der Waals surface area contributed by atoms with Gasteiger partial charge in [0.2, 0.25) is 11.8 Å². The van der Waals surface area contributed by atoms with Crippen molar-refractivity contribution in [3.05, 3.63) is 44.6 Å². The van der Waals surface area contributed by atoms with Gasteiger partial charge in [-0.15, -0.1) is 0 Å². The van der Waals surface area contributed by atoms with Crippen molar-refractivity contribution in [2.24, 2.45) is 0 Å². The minimum absolute atomic E-state index is 0.0248. The van der Waals surface area contributed by atoms with Gasteiger partial charge in [0, 0.05) is 13.0 Å². The zero-order valence-corrected chi connectivity index (χ0v) is 12.1. The first-order valence-corrected chi connectivity index (χ1v) is 6.46. The Morgan fingerprint density at radius 3 is 2.73 bits per heavy atom. The van der Waals surface area contributed by atoms with Crippen LogP contribution in [-0.2, 0) is 14.4 Å². The number of carbonyl (C=O) groups is 3. The second kappa shape index (κ2) is 5.94. The molecule has 0 unspecified atom stereocenters. The Morgan fingerprint density at radius 2 is 2.14 bits per heavy atom. The number of amides is 3. The molecule has 0 radical (unpaired) electrons. The lowest BCUT2D eigenvalue weighted by Gasteiger charge is -2.25. The molecule has 1 aromatic carbocycles. The van der Waals surface area contributed by atoms with Crippen molar-refractivity contribution in [1.29, 1.82) is 0 Å². The van der Waals surface area contributed by atoms with Crippen LogP contribution in [0.15, 0.2) is 23.9 Å². The molecule has 1 aliphatic heterocycles. The Balaban J connectivity index is 2.53. The summed E-state index contributed by atoms with van der Waals surface area (Å²) in [4.78, 5) is 46.1. The van der Waals surface area contributed by atoms with E-state index in [-0.39, 0.29) is 22.0 Å². The maximum atomic E-state index is 12.1. The van der Waals surface area contributed by atoms with Gasteiger partial charge < -0.3 is 5.32 Å². The molecule has 0 aromatic heterocycles. The quantitative estimate of drug-likeness (QED) is 0.498. The summed E-state index contributed by atoms with van der Waals surface area (Å²) < 4.78 is 0. The highest BCUT2D eigenvalue weighted by Gasteiger charge is 2.31. The Bertz CT molecular complexity index is 728. The Kier molecular flexibility index (Phi) is 4.22. The van der Waals surface area contributed by atoms with Crippen molar-refractivity contribution in [3.8, 4) is 0 Å². The van der Waals surface area contributed by atoms with Gasteiger partial charge >= 0.3 is 0 Å². The number of nitrogens with zero attached hydrogens (tertiary/aromatic N) is 2. The second-order valence-electron chi connectivity index (χ2n) is 4.45. The number of imide groups is 1. The van der Waals surface area contributed by atoms with Crippen molar-refractivity contribution in [1.82, 2.24) is 10.2 Å². The SMILES string of the molecule is CC(=O)N1CC(=O)N/C(=C\c2c(Cl)cccc2[N+](=O)[O-])C1=O. The topological polar surface area (TPSA) is 110 Å². The molecule has 1 heterocycles. The fourth-order valence-electron chi connectivity index (χ4n) is 1.93. The number of hydrogen-bond donors (Lipinski definition) is 1. The second-order valence-corrected chi connectivity index (χ2v) is 4.85. The van der Waals surface area contributed by atoms with E-state index >= 15 is 0 Å². The molecule has 1 fully saturated rings. The zero-order valence-electron chi connectivity index (χ0n) is 11.3. The number of hydrogen-bond acceptors (Lipinski definition) is 5. The monoisotopic (exact) mass is 323 g/mol. The van der Waals surface area contributed by atoms with Crippen molar-refractivity contribution in [3.63, 3.8) is 0 Å². The summed E-state index contributed by atoms with van der Waals surface area (Å²) in [5.74, 6) is -1.92. The molecular formula is C13H10ClN3O5. The van der Waals surface area contributed by atoms with Crippen molar-refractivity contribution < 1.29 is 19.3 Å². The van der Waals surface area contributed by atoms with Crippen LogP contribution < -0.4 is 5.32 Å². The predicted molar refractivity (Wildman–Crippen MR) is 76.6 cm³/mol. The van der Waals surface area contributed by atoms with Crippen LogP contribution in [0.3, 0.4) is 0 Å². The van der Waals surface area contributed by atoms with Crippen LogP contribution in [0.2, 0.25) is 5.02 Å². The molecule has 3 amide bonds. The summed E-state index contributed by atoms with van der Waals surface area (Å²) in [6.07, 6.45) is 1.09. The van der Waals surface area contributed by atoms with Gasteiger partial charge in [-0.2, -0.15) is 0 Å². The van der Waals surface area contributed by atoms with Crippen LogP contribution in [0, 0.1) is 10.1 Å². The third kappa shape index (κ3) is 2.96. The van der Waals surface area contributed by atoms with E-state index in [1.807, 2.05) is 0 Å². The fourth-order valence-corrected chi connectivity index (χ4v) is 2.15. The van der Waals surface area contributed by atoms with Gasteiger partial charge in [0.25, 0.3) is 11.6 Å². The van der Waals surface area contributed by atoms with E-state index in [0.717, 1.165) is 17.9 Å². The molecule has 8 nitrogen and oxygen atoms in total. The average Bonchev–Trinajstić information content (AvgIpc) is 2.43. The molecule has 1 saturated heterocycles. The van der Waals surface area contributed by atoms with Crippen LogP contribution in [-0.4, -0.2) is 34.1 Å². The molecule has 0 bridgehead atoms. The summed E-state index contributed by atoms with van der Waals surface area (Å²) in [6, 6.07) is 4.03. The number of nitrogens with one attached hydrogen (secondary N) is 1. The number of carbonyl (C=O) groups excluding carboxylic acids is 3. The van der Waals surface area contributed by atoms with Gasteiger partial charge in [0.1, 0.15) is 12.2 Å². The third-order valence-corrected chi connectivity index (χ3v) is 3.28. The van der Waals surface area contributed by atoms with Gasteiger partial charge in [-0.05, 0) is 12.1 Å². The Morgan fingerprint density at radius 1 is 1.45 bits per heavy atom. The van der Waals surface area contributed by atoms with E-state index in [4.69, 9.17) is 11.6 Å². The van der Waals surface area contributed by atoms with E-state index in [1.165, 1.54) is 18.2 Å². The first-order valence-electron chi connectivity index (χ1n) is 6.08. The molecule has 9 heteroatoms. The first-order chi connectivity index (χ1) is 10.3. The molecule has 0 aliphatic carbocycles. The highest BCUT2D eigenvalue weighted by Crippen LogP contribution is 2.28. The van der Waals surface area contributed by atoms with Gasteiger partial charge in [0.05, 0.1) is 15.5 Å². The average molecular weight is 324 g/mol. The molecule has 0 spiro atoms. The summed E-state index contributed by atoms with van der Waals surface area (Å²) in [7, 11) is 0.